The molecule has 162 valence electrons. The van der Waals surface area contributed by atoms with Gasteiger partial charge in [-0.25, -0.2) is 17.6 Å². The van der Waals surface area contributed by atoms with Crippen molar-refractivity contribution < 1.29 is 31.9 Å². The van der Waals surface area contributed by atoms with Crippen LogP contribution in [-0.4, -0.2) is 40.1 Å². The molecule has 0 spiro atoms. The van der Waals surface area contributed by atoms with E-state index in [4.69, 9.17) is 4.74 Å². The predicted molar refractivity (Wildman–Crippen MR) is 108 cm³/mol. The molecular weight excluding hydrogens is 415 g/mol. The van der Waals surface area contributed by atoms with E-state index in [1.54, 1.807) is 13.8 Å². The monoisotopic (exact) mass is 438 g/mol. The summed E-state index contributed by atoms with van der Waals surface area (Å²) in [6, 6.07) is 9.93. The maximum atomic E-state index is 13.9. The Hall–Kier alpha value is -2.98. The number of amides is 1. The van der Waals surface area contributed by atoms with Crippen LogP contribution in [0.1, 0.15) is 13.8 Å². The summed E-state index contributed by atoms with van der Waals surface area (Å²) in [5.41, 5.74) is 0.390. The van der Waals surface area contributed by atoms with Crippen LogP contribution in [-0.2, 0) is 24.3 Å². The number of hydrogen-bond acceptors (Lipinski definition) is 6. The van der Waals surface area contributed by atoms with Gasteiger partial charge in [0.1, 0.15) is 22.5 Å². The first-order valence-electron chi connectivity index (χ1n) is 9.01. The number of carbonyl (C=O) groups is 2. The molecule has 2 N–H and O–H groups in total. The van der Waals surface area contributed by atoms with E-state index in [0.29, 0.717) is 11.4 Å². The highest BCUT2D eigenvalue weighted by Crippen LogP contribution is 2.18. The number of anilines is 1. The minimum Gasteiger partial charge on any atom is -0.482 e. The molecule has 2 aromatic carbocycles. The number of sulfonamides is 1. The molecule has 0 aliphatic heterocycles. The molecule has 0 bridgehead atoms. The van der Waals surface area contributed by atoms with Crippen LogP contribution in [0, 0.1) is 11.7 Å². The van der Waals surface area contributed by atoms with Gasteiger partial charge >= 0.3 is 5.97 Å². The summed E-state index contributed by atoms with van der Waals surface area (Å²) in [5.74, 6) is -2.06. The minimum atomic E-state index is -4.25. The number of nitrogens with one attached hydrogen (secondary N) is 2. The lowest BCUT2D eigenvalue weighted by atomic mass is 10.0. The molecule has 0 saturated carbocycles. The molecule has 0 unspecified atom stereocenters. The van der Waals surface area contributed by atoms with Gasteiger partial charge in [-0.2, -0.15) is 4.72 Å². The maximum absolute atomic E-state index is 13.9. The lowest BCUT2D eigenvalue weighted by Crippen LogP contribution is -2.47. The highest BCUT2D eigenvalue weighted by molar-refractivity contribution is 7.89. The summed E-state index contributed by atoms with van der Waals surface area (Å²) in [4.78, 5) is 23.2. The Bertz CT molecular complexity index is 993. The fourth-order valence-electron chi connectivity index (χ4n) is 2.44. The first-order chi connectivity index (χ1) is 14.1. The Morgan fingerprint density at radius 3 is 2.27 bits per heavy atom. The number of hydrogen-bond donors (Lipinski definition) is 2. The van der Waals surface area contributed by atoms with Gasteiger partial charge in [0.25, 0.3) is 0 Å². The Morgan fingerprint density at radius 2 is 1.70 bits per heavy atom. The average molecular weight is 438 g/mol. The fraction of sp³-hybridized carbons (Fsp3) is 0.300. The molecule has 2 rings (SSSR count). The van der Waals surface area contributed by atoms with Crippen molar-refractivity contribution in [1.29, 1.82) is 0 Å². The van der Waals surface area contributed by atoms with Gasteiger partial charge in [0, 0.05) is 5.69 Å². The van der Waals surface area contributed by atoms with Gasteiger partial charge in [0.15, 0.2) is 6.61 Å². The summed E-state index contributed by atoms with van der Waals surface area (Å²) >= 11 is 0. The molecule has 10 heteroatoms. The van der Waals surface area contributed by atoms with Gasteiger partial charge in [0.05, 0.1) is 7.11 Å². The van der Waals surface area contributed by atoms with E-state index in [1.165, 1.54) is 43.5 Å². The molecular formula is C20H23FN2O6S. The Morgan fingerprint density at radius 1 is 1.07 bits per heavy atom. The topological polar surface area (TPSA) is 111 Å². The second-order valence-electron chi connectivity index (χ2n) is 6.65. The van der Waals surface area contributed by atoms with Gasteiger partial charge in [-0.05, 0) is 42.3 Å². The molecule has 0 aromatic heterocycles. The van der Waals surface area contributed by atoms with Crippen LogP contribution in [0.2, 0.25) is 0 Å². The van der Waals surface area contributed by atoms with Gasteiger partial charge in [0.2, 0.25) is 15.9 Å². The highest BCUT2D eigenvalue weighted by atomic mass is 32.2. The standard InChI is InChI=1S/C20H23FN2O6S/c1-13(2)19(23-30(26,27)17-7-5-4-6-16(17)21)20(25)22-14-8-10-15(11-9-14)29-12-18(24)28-3/h4-11,13,19,23H,12H2,1-3H3,(H,22,25)/t19-/m0/s1. The number of halogens is 1. The third-order valence-electron chi connectivity index (χ3n) is 4.06. The van der Waals surface area contributed by atoms with Crippen molar-refractivity contribution >= 4 is 27.6 Å². The van der Waals surface area contributed by atoms with Gasteiger partial charge in [-0.3, -0.25) is 4.79 Å². The number of esters is 1. The Labute approximate surface area is 174 Å². The second kappa shape index (κ2) is 10.2. The smallest absolute Gasteiger partial charge is 0.343 e. The van der Waals surface area contributed by atoms with E-state index in [-0.39, 0.29) is 6.61 Å². The first-order valence-corrected chi connectivity index (χ1v) is 10.5. The van der Waals surface area contributed by atoms with Crippen LogP contribution < -0.4 is 14.8 Å². The van der Waals surface area contributed by atoms with E-state index >= 15 is 0 Å². The molecule has 8 nitrogen and oxygen atoms in total. The summed E-state index contributed by atoms with van der Waals surface area (Å²) in [5, 5.41) is 2.61. The highest BCUT2D eigenvalue weighted by Gasteiger charge is 2.29. The van der Waals surface area contributed by atoms with Crippen molar-refractivity contribution in [3.63, 3.8) is 0 Å². The molecule has 1 atom stereocenters. The zero-order valence-electron chi connectivity index (χ0n) is 16.7. The SMILES string of the molecule is COC(=O)COc1ccc(NC(=O)[C@@H](NS(=O)(=O)c2ccccc2F)C(C)C)cc1. The molecule has 0 heterocycles. The zero-order chi connectivity index (χ0) is 22.3. The molecule has 0 aliphatic rings. The first kappa shape index (κ1) is 23.3. The molecule has 0 fully saturated rings. The number of carbonyl (C=O) groups excluding carboxylic acids is 2. The largest absolute Gasteiger partial charge is 0.482 e. The number of ether oxygens (including phenoxy) is 2. The van der Waals surface area contributed by atoms with Crippen LogP contribution in [0.3, 0.4) is 0 Å². The summed E-state index contributed by atoms with van der Waals surface area (Å²) in [6.07, 6.45) is 0. The van der Waals surface area contributed by atoms with Crippen molar-refractivity contribution in [3.8, 4) is 5.75 Å². The third kappa shape index (κ3) is 6.26. The van der Waals surface area contributed by atoms with E-state index in [9.17, 15) is 22.4 Å². The second-order valence-corrected chi connectivity index (χ2v) is 8.33. The van der Waals surface area contributed by atoms with Crippen molar-refractivity contribution in [2.24, 2.45) is 5.92 Å². The molecule has 0 saturated heterocycles. The zero-order valence-corrected chi connectivity index (χ0v) is 17.5. The average Bonchev–Trinajstić information content (AvgIpc) is 2.71. The fourth-order valence-corrected chi connectivity index (χ4v) is 3.86. The Kier molecular flexibility index (Phi) is 7.90. The van der Waals surface area contributed by atoms with Crippen LogP contribution in [0.5, 0.6) is 5.75 Å². The number of methoxy groups -OCH3 is 1. The number of rotatable bonds is 9. The quantitative estimate of drug-likeness (QED) is 0.582. The van der Waals surface area contributed by atoms with Gasteiger partial charge < -0.3 is 14.8 Å². The maximum Gasteiger partial charge on any atom is 0.343 e. The van der Waals surface area contributed by atoms with Crippen molar-refractivity contribution in [2.75, 3.05) is 19.0 Å². The van der Waals surface area contributed by atoms with Crippen molar-refractivity contribution in [2.45, 2.75) is 24.8 Å². The summed E-state index contributed by atoms with van der Waals surface area (Å²) < 4.78 is 50.9. The van der Waals surface area contributed by atoms with Crippen LogP contribution in [0.4, 0.5) is 10.1 Å². The lowest BCUT2D eigenvalue weighted by Gasteiger charge is -2.22. The normalized spacial score (nSPS) is 12.3. The van der Waals surface area contributed by atoms with Crippen LogP contribution >= 0.6 is 0 Å². The van der Waals surface area contributed by atoms with Crippen LogP contribution in [0.15, 0.2) is 53.4 Å². The van der Waals surface area contributed by atoms with Crippen molar-refractivity contribution in [1.82, 2.24) is 4.72 Å². The third-order valence-corrected chi connectivity index (χ3v) is 5.54. The van der Waals surface area contributed by atoms with Gasteiger partial charge in [-0.1, -0.05) is 26.0 Å². The lowest BCUT2D eigenvalue weighted by molar-refractivity contribution is -0.142. The van der Waals surface area contributed by atoms with Gasteiger partial charge in [-0.15, -0.1) is 0 Å². The predicted octanol–water partition coefficient (Wildman–Crippen LogP) is 2.32. The van der Waals surface area contributed by atoms with Crippen LogP contribution in [0.25, 0.3) is 0 Å². The molecule has 30 heavy (non-hydrogen) atoms. The molecule has 0 radical (unpaired) electrons. The van der Waals surface area contributed by atoms with E-state index in [2.05, 4.69) is 14.8 Å². The Balaban J connectivity index is 2.09. The van der Waals surface area contributed by atoms with E-state index < -0.39 is 44.6 Å². The molecule has 2 aromatic rings. The molecule has 1 amide bonds. The summed E-state index contributed by atoms with van der Waals surface area (Å²) in [6.45, 7) is 3.07. The molecule has 0 aliphatic carbocycles. The minimum absolute atomic E-state index is 0.255. The van der Waals surface area contributed by atoms with E-state index in [0.717, 1.165) is 12.1 Å². The van der Waals surface area contributed by atoms with E-state index in [1.807, 2.05) is 0 Å². The number of benzene rings is 2. The summed E-state index contributed by atoms with van der Waals surface area (Å²) in [7, 11) is -3.00. The van der Waals surface area contributed by atoms with Crippen molar-refractivity contribution in [3.05, 3.63) is 54.3 Å².